The first-order chi connectivity index (χ1) is 16.6. The maximum Gasteiger partial charge on any atom is 0.407 e. The fourth-order valence-corrected chi connectivity index (χ4v) is 4.52. The van der Waals surface area contributed by atoms with Gasteiger partial charge in [-0.1, -0.05) is 13.8 Å². The van der Waals surface area contributed by atoms with Crippen molar-refractivity contribution in [1.29, 1.82) is 0 Å². The Morgan fingerprint density at radius 1 is 1.31 bits per heavy atom. The van der Waals surface area contributed by atoms with Gasteiger partial charge in [-0.15, -0.1) is 17.4 Å². The third kappa shape index (κ3) is 7.97. The minimum Gasteiger partial charge on any atom is -0.444 e. The molecule has 194 valence electrons. The van der Waals surface area contributed by atoms with Crippen LogP contribution in [0.15, 0.2) is 10.2 Å². The van der Waals surface area contributed by atoms with E-state index in [9.17, 15) is 4.79 Å². The number of terminal acetylenes is 1. The molecule has 35 heavy (non-hydrogen) atoms. The normalized spacial score (nSPS) is 23.2. The van der Waals surface area contributed by atoms with Gasteiger partial charge in [-0.2, -0.15) is 10.2 Å². The Balaban J connectivity index is 1.69. The Bertz CT molecular complexity index is 911. The first kappa shape index (κ1) is 27.0. The number of alkyl carbamates (subject to hydrolysis) is 1. The van der Waals surface area contributed by atoms with Crippen LogP contribution in [0.4, 0.5) is 4.79 Å². The minimum absolute atomic E-state index is 0.104. The van der Waals surface area contributed by atoms with E-state index < -0.39 is 17.2 Å². The van der Waals surface area contributed by atoms with Crippen molar-refractivity contribution in [1.82, 2.24) is 30.8 Å². The summed E-state index contributed by atoms with van der Waals surface area (Å²) in [6, 6.07) is 0. The zero-order valence-electron chi connectivity index (χ0n) is 21.7. The van der Waals surface area contributed by atoms with Gasteiger partial charge in [0.25, 0.3) is 0 Å². The van der Waals surface area contributed by atoms with Gasteiger partial charge < -0.3 is 20.1 Å². The Morgan fingerprint density at radius 3 is 2.74 bits per heavy atom. The summed E-state index contributed by atoms with van der Waals surface area (Å²) >= 11 is 0. The number of hydrogen-bond donors (Lipinski definition) is 2. The van der Waals surface area contributed by atoms with Gasteiger partial charge in [0.2, 0.25) is 0 Å². The quantitative estimate of drug-likeness (QED) is 0.433. The summed E-state index contributed by atoms with van der Waals surface area (Å²) in [4.78, 5) is 12.0. The molecule has 2 atom stereocenters. The van der Waals surface area contributed by atoms with Crippen LogP contribution in [-0.4, -0.2) is 63.4 Å². The summed E-state index contributed by atoms with van der Waals surface area (Å²) in [5.41, 5.74) is -1.36. The van der Waals surface area contributed by atoms with Crippen LogP contribution in [-0.2, 0) is 21.6 Å². The van der Waals surface area contributed by atoms with Crippen molar-refractivity contribution in [3.8, 4) is 12.3 Å². The number of aromatic nitrogens is 4. The second kappa shape index (κ2) is 11.4. The molecule has 1 amide bonds. The van der Waals surface area contributed by atoms with E-state index >= 15 is 0 Å². The highest BCUT2D eigenvalue weighted by Gasteiger charge is 2.44. The largest absolute Gasteiger partial charge is 0.444 e. The maximum absolute atomic E-state index is 12.0. The van der Waals surface area contributed by atoms with Gasteiger partial charge in [-0.25, -0.2) is 9.48 Å². The first-order valence-corrected chi connectivity index (χ1v) is 12.5. The van der Waals surface area contributed by atoms with E-state index in [1.165, 1.54) is 0 Å². The van der Waals surface area contributed by atoms with Crippen LogP contribution < -0.4 is 10.6 Å². The van der Waals surface area contributed by atoms with Crippen molar-refractivity contribution in [3.05, 3.63) is 5.82 Å². The minimum atomic E-state index is -0.552. The molecule has 2 unspecified atom stereocenters. The van der Waals surface area contributed by atoms with Crippen LogP contribution in [0, 0.1) is 18.3 Å². The van der Waals surface area contributed by atoms with Gasteiger partial charge in [0.1, 0.15) is 5.60 Å². The van der Waals surface area contributed by atoms with Crippen LogP contribution in [0.1, 0.15) is 79.0 Å². The predicted octanol–water partition coefficient (Wildman–Crippen LogP) is 3.17. The number of tetrazole rings is 1. The lowest BCUT2D eigenvalue weighted by atomic mass is 9.83. The van der Waals surface area contributed by atoms with Gasteiger partial charge in [-0.05, 0) is 56.4 Å². The third-order valence-electron chi connectivity index (χ3n) is 6.19. The van der Waals surface area contributed by atoms with E-state index in [1.807, 2.05) is 20.8 Å². The molecule has 2 N–H and O–H groups in total. The van der Waals surface area contributed by atoms with Crippen molar-refractivity contribution < 1.29 is 14.3 Å². The third-order valence-corrected chi connectivity index (χ3v) is 6.19. The molecule has 3 heterocycles. The fraction of sp³-hybridized carbons (Fsp3) is 0.833. The molecule has 1 aromatic heterocycles. The van der Waals surface area contributed by atoms with E-state index in [2.05, 4.69) is 56.2 Å². The monoisotopic (exact) mass is 488 g/mol. The zero-order valence-corrected chi connectivity index (χ0v) is 21.7. The van der Waals surface area contributed by atoms with E-state index in [0.717, 1.165) is 37.9 Å². The molecule has 2 aliphatic heterocycles. The Morgan fingerprint density at radius 2 is 2.09 bits per heavy atom. The first-order valence-electron chi connectivity index (χ1n) is 12.5. The highest BCUT2D eigenvalue weighted by Crippen LogP contribution is 2.38. The van der Waals surface area contributed by atoms with Gasteiger partial charge in [0.05, 0.1) is 18.2 Å². The Hall–Kier alpha value is -2.58. The average molecular weight is 489 g/mol. The van der Waals surface area contributed by atoms with Gasteiger partial charge in [0, 0.05) is 39.0 Å². The van der Waals surface area contributed by atoms with E-state index in [1.54, 1.807) is 4.68 Å². The molecule has 1 aromatic rings. The van der Waals surface area contributed by atoms with Crippen LogP contribution in [0.5, 0.6) is 0 Å². The van der Waals surface area contributed by atoms with E-state index in [-0.39, 0.29) is 11.8 Å². The topological polar surface area (TPSA) is 128 Å². The molecule has 1 saturated heterocycles. The van der Waals surface area contributed by atoms with Gasteiger partial charge >= 0.3 is 6.09 Å². The fourth-order valence-electron chi connectivity index (χ4n) is 4.52. The standard InChI is InChI=1S/C24H40N8O3/c1-7-8-9-24(28-29-24)10-12-26-23(11-15-34-19(17-23)16-18(2)3)20-27-30-31-32(20)14-13-25-21(33)35-22(4,5)6/h1,18-19,26H,8-17H2,2-6H3,(H,25,33). The lowest BCUT2D eigenvalue weighted by Crippen LogP contribution is -2.52. The molecule has 0 radical (unpaired) electrons. The Kier molecular flexibility index (Phi) is 8.83. The summed E-state index contributed by atoms with van der Waals surface area (Å²) in [5.74, 6) is 3.95. The number of hydrogen-bond acceptors (Lipinski definition) is 9. The zero-order chi connectivity index (χ0) is 25.5. The van der Waals surface area contributed by atoms with Crippen molar-refractivity contribution >= 4 is 6.09 Å². The summed E-state index contributed by atoms with van der Waals surface area (Å²) < 4.78 is 13.2. The average Bonchev–Trinajstić information content (AvgIpc) is 3.36. The van der Waals surface area contributed by atoms with Gasteiger partial charge in [0.15, 0.2) is 11.5 Å². The number of carbonyl (C=O) groups excluding carboxylic acids is 1. The molecule has 3 rings (SSSR count). The summed E-state index contributed by atoms with van der Waals surface area (Å²) in [7, 11) is 0. The van der Waals surface area contributed by atoms with Crippen molar-refractivity contribution in [2.45, 2.75) is 103 Å². The highest BCUT2D eigenvalue weighted by atomic mass is 16.6. The lowest BCUT2D eigenvalue weighted by Gasteiger charge is -2.41. The number of carbonyl (C=O) groups is 1. The number of nitrogens with zero attached hydrogens (tertiary/aromatic N) is 6. The van der Waals surface area contributed by atoms with Crippen LogP contribution in [0.3, 0.4) is 0 Å². The molecular formula is C24H40N8O3. The maximum atomic E-state index is 12.0. The SMILES string of the molecule is C#CCCC1(CCNC2(c3nnnn3CCNC(=O)OC(C)(C)C)CCOC(CC(C)C)C2)N=N1. The molecule has 0 saturated carbocycles. The summed E-state index contributed by atoms with van der Waals surface area (Å²) in [6.07, 6.45) is 9.74. The van der Waals surface area contributed by atoms with Crippen molar-refractivity contribution in [2.24, 2.45) is 16.1 Å². The number of nitrogens with one attached hydrogen (secondary N) is 2. The molecule has 0 aromatic carbocycles. The van der Waals surface area contributed by atoms with Crippen LogP contribution in [0.2, 0.25) is 0 Å². The second-order valence-corrected chi connectivity index (χ2v) is 10.9. The van der Waals surface area contributed by atoms with E-state index in [0.29, 0.717) is 38.6 Å². The smallest absolute Gasteiger partial charge is 0.407 e. The predicted molar refractivity (Wildman–Crippen MR) is 130 cm³/mol. The molecule has 11 nitrogen and oxygen atoms in total. The molecular weight excluding hydrogens is 448 g/mol. The number of amides is 1. The molecule has 0 aliphatic carbocycles. The summed E-state index contributed by atoms with van der Waals surface area (Å²) in [6.45, 7) is 12.0. The lowest BCUT2D eigenvalue weighted by molar-refractivity contribution is -0.0437. The van der Waals surface area contributed by atoms with Gasteiger partial charge in [-0.3, -0.25) is 0 Å². The number of ether oxygens (including phenoxy) is 2. The molecule has 11 heteroatoms. The van der Waals surface area contributed by atoms with Crippen molar-refractivity contribution in [3.63, 3.8) is 0 Å². The molecule has 1 fully saturated rings. The van der Waals surface area contributed by atoms with E-state index in [4.69, 9.17) is 15.9 Å². The highest BCUT2D eigenvalue weighted by molar-refractivity contribution is 5.67. The molecule has 0 spiro atoms. The second-order valence-electron chi connectivity index (χ2n) is 10.9. The Labute approximate surface area is 208 Å². The van der Waals surface area contributed by atoms with Crippen LogP contribution >= 0.6 is 0 Å². The van der Waals surface area contributed by atoms with Crippen LogP contribution in [0.25, 0.3) is 0 Å². The number of rotatable bonds is 12. The molecule has 0 bridgehead atoms. The molecule has 2 aliphatic rings. The van der Waals surface area contributed by atoms with Crippen molar-refractivity contribution in [2.75, 3.05) is 19.7 Å². The summed E-state index contributed by atoms with van der Waals surface area (Å²) in [5, 5.41) is 27.7.